The standard InChI is InChI=1S/C9H8ClF2NO/c1-5-7(4-14)13-3-6(2-10)8(5)9(11)12/h3-4,9H,2H2,1H3. The van der Waals surface area contributed by atoms with E-state index >= 15 is 0 Å². The molecule has 0 unspecified atom stereocenters. The van der Waals surface area contributed by atoms with Crippen LogP contribution in [0.5, 0.6) is 0 Å². The lowest BCUT2D eigenvalue weighted by atomic mass is 10.0. The minimum atomic E-state index is -2.63. The minimum Gasteiger partial charge on any atom is -0.296 e. The maximum Gasteiger partial charge on any atom is 0.264 e. The molecule has 0 fully saturated rings. The zero-order valence-electron chi connectivity index (χ0n) is 7.43. The summed E-state index contributed by atoms with van der Waals surface area (Å²) >= 11 is 5.48. The average molecular weight is 220 g/mol. The van der Waals surface area contributed by atoms with Gasteiger partial charge in [0.2, 0.25) is 0 Å². The van der Waals surface area contributed by atoms with E-state index in [9.17, 15) is 13.6 Å². The van der Waals surface area contributed by atoms with Crippen molar-refractivity contribution in [3.8, 4) is 0 Å². The van der Waals surface area contributed by atoms with Crippen LogP contribution in [0.1, 0.15) is 33.6 Å². The third-order valence-electron chi connectivity index (χ3n) is 1.97. The number of rotatable bonds is 3. The molecule has 0 atom stereocenters. The Hall–Kier alpha value is -1.03. The van der Waals surface area contributed by atoms with E-state index < -0.39 is 6.43 Å². The number of halogens is 3. The number of alkyl halides is 3. The monoisotopic (exact) mass is 219 g/mol. The molecule has 0 aliphatic heterocycles. The van der Waals surface area contributed by atoms with Gasteiger partial charge in [0.25, 0.3) is 6.43 Å². The van der Waals surface area contributed by atoms with Gasteiger partial charge in [0.15, 0.2) is 6.29 Å². The number of aromatic nitrogens is 1. The molecule has 1 heterocycles. The molecule has 76 valence electrons. The molecule has 0 radical (unpaired) electrons. The number of hydrogen-bond acceptors (Lipinski definition) is 2. The van der Waals surface area contributed by atoms with Gasteiger partial charge in [0.05, 0.1) is 0 Å². The molecular weight excluding hydrogens is 212 g/mol. The van der Waals surface area contributed by atoms with Gasteiger partial charge in [0, 0.05) is 17.6 Å². The topological polar surface area (TPSA) is 30.0 Å². The third kappa shape index (κ3) is 1.90. The fourth-order valence-corrected chi connectivity index (χ4v) is 1.43. The van der Waals surface area contributed by atoms with E-state index in [0.29, 0.717) is 6.29 Å². The smallest absolute Gasteiger partial charge is 0.264 e. The summed E-state index contributed by atoms with van der Waals surface area (Å²) in [5, 5.41) is 0. The van der Waals surface area contributed by atoms with E-state index in [1.54, 1.807) is 0 Å². The van der Waals surface area contributed by atoms with Crippen molar-refractivity contribution in [2.24, 2.45) is 0 Å². The van der Waals surface area contributed by atoms with E-state index in [1.165, 1.54) is 13.1 Å². The number of nitrogens with zero attached hydrogens (tertiary/aromatic N) is 1. The van der Waals surface area contributed by atoms with Gasteiger partial charge in [-0.25, -0.2) is 8.78 Å². The van der Waals surface area contributed by atoms with Crippen LogP contribution in [0.3, 0.4) is 0 Å². The first-order valence-electron chi connectivity index (χ1n) is 3.89. The number of hydrogen-bond donors (Lipinski definition) is 0. The summed E-state index contributed by atoms with van der Waals surface area (Å²) in [5.41, 5.74) is 0.323. The molecule has 1 aromatic heterocycles. The molecule has 14 heavy (non-hydrogen) atoms. The SMILES string of the molecule is Cc1c(C=O)ncc(CCl)c1C(F)F. The minimum absolute atomic E-state index is 0.0351. The van der Waals surface area contributed by atoms with Crippen molar-refractivity contribution in [2.45, 2.75) is 19.2 Å². The Morgan fingerprint density at radius 2 is 2.29 bits per heavy atom. The van der Waals surface area contributed by atoms with Gasteiger partial charge >= 0.3 is 0 Å². The number of carbonyl (C=O) groups is 1. The van der Waals surface area contributed by atoms with Crippen molar-refractivity contribution in [3.63, 3.8) is 0 Å². The lowest BCUT2D eigenvalue weighted by molar-refractivity contribution is 0.111. The van der Waals surface area contributed by atoms with Crippen LogP contribution in [0.15, 0.2) is 6.20 Å². The van der Waals surface area contributed by atoms with Crippen LogP contribution in [-0.4, -0.2) is 11.3 Å². The van der Waals surface area contributed by atoms with E-state index in [2.05, 4.69) is 4.98 Å². The molecule has 0 spiro atoms. The highest BCUT2D eigenvalue weighted by atomic mass is 35.5. The van der Waals surface area contributed by atoms with Crippen LogP contribution in [0.25, 0.3) is 0 Å². The lowest BCUT2D eigenvalue weighted by Crippen LogP contribution is -2.03. The van der Waals surface area contributed by atoms with Crippen LogP contribution in [0.4, 0.5) is 8.78 Å². The van der Waals surface area contributed by atoms with Gasteiger partial charge < -0.3 is 0 Å². The Kier molecular flexibility index (Phi) is 3.52. The highest BCUT2D eigenvalue weighted by Crippen LogP contribution is 2.27. The van der Waals surface area contributed by atoms with Crippen molar-refractivity contribution in [1.29, 1.82) is 0 Å². The maximum absolute atomic E-state index is 12.6. The molecule has 2 nitrogen and oxygen atoms in total. The second-order valence-corrected chi connectivity index (χ2v) is 3.03. The predicted molar refractivity (Wildman–Crippen MR) is 48.9 cm³/mol. The first kappa shape index (κ1) is 11.0. The van der Waals surface area contributed by atoms with Crippen molar-refractivity contribution in [2.75, 3.05) is 0 Å². The summed E-state index contributed by atoms with van der Waals surface area (Å²) in [7, 11) is 0. The third-order valence-corrected chi connectivity index (χ3v) is 2.26. The number of pyridine rings is 1. The molecular formula is C9H8ClF2NO. The second-order valence-electron chi connectivity index (χ2n) is 2.76. The van der Waals surface area contributed by atoms with E-state index in [1.807, 2.05) is 0 Å². The van der Waals surface area contributed by atoms with Crippen LogP contribution in [-0.2, 0) is 5.88 Å². The second kappa shape index (κ2) is 4.46. The van der Waals surface area contributed by atoms with Gasteiger partial charge in [-0.3, -0.25) is 9.78 Å². The zero-order valence-corrected chi connectivity index (χ0v) is 8.18. The first-order valence-corrected chi connectivity index (χ1v) is 4.43. The van der Waals surface area contributed by atoms with E-state index in [0.717, 1.165) is 0 Å². The average Bonchev–Trinajstić information content (AvgIpc) is 2.16. The molecule has 0 amide bonds. The Bertz CT molecular complexity index is 355. The highest BCUT2D eigenvalue weighted by molar-refractivity contribution is 6.17. The molecule has 1 rings (SSSR count). The van der Waals surface area contributed by atoms with Gasteiger partial charge in [-0.15, -0.1) is 11.6 Å². The van der Waals surface area contributed by atoms with E-state index in [4.69, 9.17) is 11.6 Å². The predicted octanol–water partition coefficient (Wildman–Crippen LogP) is 2.88. The molecule has 0 aliphatic carbocycles. The maximum atomic E-state index is 12.6. The summed E-state index contributed by atoms with van der Waals surface area (Å²) in [5.74, 6) is -0.0351. The normalized spacial score (nSPS) is 10.6. The Morgan fingerprint density at radius 3 is 2.71 bits per heavy atom. The van der Waals surface area contributed by atoms with Crippen molar-refractivity contribution in [1.82, 2.24) is 4.98 Å². The van der Waals surface area contributed by atoms with Crippen LogP contribution in [0, 0.1) is 6.92 Å². The fraction of sp³-hybridized carbons (Fsp3) is 0.333. The van der Waals surface area contributed by atoms with Crippen LogP contribution in [0.2, 0.25) is 0 Å². The summed E-state index contributed by atoms with van der Waals surface area (Å²) in [6.45, 7) is 1.44. The molecule has 0 N–H and O–H groups in total. The summed E-state index contributed by atoms with van der Waals surface area (Å²) < 4.78 is 25.2. The van der Waals surface area contributed by atoms with Crippen molar-refractivity contribution in [3.05, 3.63) is 28.6 Å². The quantitative estimate of drug-likeness (QED) is 0.578. The van der Waals surface area contributed by atoms with Gasteiger partial charge in [0.1, 0.15) is 5.69 Å². The largest absolute Gasteiger partial charge is 0.296 e. The summed E-state index contributed by atoms with van der Waals surface area (Å²) in [4.78, 5) is 14.2. The Morgan fingerprint density at radius 1 is 1.64 bits per heavy atom. The molecule has 0 bridgehead atoms. The zero-order chi connectivity index (χ0) is 10.7. The number of carbonyl (C=O) groups excluding carboxylic acids is 1. The van der Waals surface area contributed by atoms with Gasteiger partial charge in [-0.2, -0.15) is 0 Å². The van der Waals surface area contributed by atoms with Gasteiger partial charge in [-0.05, 0) is 18.1 Å². The molecule has 0 aromatic carbocycles. The summed E-state index contributed by atoms with van der Waals surface area (Å²) in [6, 6.07) is 0. The molecule has 5 heteroatoms. The molecule has 0 saturated carbocycles. The summed E-state index contributed by atoms with van der Waals surface area (Å²) in [6.07, 6.45) is -0.963. The Balaban J connectivity index is 3.38. The first-order chi connectivity index (χ1) is 6.61. The van der Waals surface area contributed by atoms with E-state index in [-0.39, 0.29) is 28.3 Å². The molecule has 0 aliphatic rings. The fourth-order valence-electron chi connectivity index (χ4n) is 1.22. The lowest BCUT2D eigenvalue weighted by Gasteiger charge is -2.10. The Labute approximate surface area is 84.9 Å². The highest BCUT2D eigenvalue weighted by Gasteiger charge is 2.18. The van der Waals surface area contributed by atoms with Gasteiger partial charge in [-0.1, -0.05) is 0 Å². The molecule has 1 aromatic rings. The van der Waals surface area contributed by atoms with Crippen LogP contribution < -0.4 is 0 Å². The van der Waals surface area contributed by atoms with Crippen LogP contribution >= 0.6 is 11.6 Å². The number of aldehydes is 1. The van der Waals surface area contributed by atoms with Crippen molar-refractivity contribution >= 4 is 17.9 Å². The van der Waals surface area contributed by atoms with Crippen molar-refractivity contribution < 1.29 is 13.6 Å². The molecule has 0 saturated heterocycles.